The van der Waals surface area contributed by atoms with Gasteiger partial charge < -0.3 is 15.2 Å². The number of allylic oxidation sites excluding steroid dienone is 1. The lowest BCUT2D eigenvalue weighted by atomic mass is 10.2. The maximum Gasteiger partial charge on any atom is 0.244 e. The normalized spacial score (nSPS) is 11.1. The topological polar surface area (TPSA) is 114 Å². The van der Waals surface area contributed by atoms with Crippen LogP contribution in [0.4, 0.5) is 0 Å². The molecule has 3 N–H and O–H groups in total. The Morgan fingerprint density at radius 2 is 1.70 bits per heavy atom. The summed E-state index contributed by atoms with van der Waals surface area (Å²) >= 11 is 0. The second kappa shape index (κ2) is 14.4. The molecule has 0 spiro atoms. The van der Waals surface area contributed by atoms with Crippen LogP contribution in [0.25, 0.3) is 0 Å². The lowest BCUT2D eigenvalue weighted by molar-refractivity contribution is -0.836. The molecule has 0 heterocycles. The van der Waals surface area contributed by atoms with Crippen LogP contribution in [-0.4, -0.2) is 47.1 Å². The number of quaternary nitrogens is 1. The van der Waals surface area contributed by atoms with E-state index in [0.29, 0.717) is 5.57 Å². The molecule has 7 nitrogen and oxygen atoms in total. The van der Waals surface area contributed by atoms with E-state index in [4.69, 9.17) is 5.73 Å². The van der Waals surface area contributed by atoms with Gasteiger partial charge in [-0.2, -0.15) is 0 Å². The second-order valence-corrected chi connectivity index (χ2v) is 5.62. The van der Waals surface area contributed by atoms with Crippen molar-refractivity contribution in [3.8, 4) is 0 Å². The Bertz CT molecular complexity index is 361. The van der Waals surface area contributed by atoms with Crippen molar-refractivity contribution in [1.29, 1.82) is 0 Å². The number of primary amides is 1. The average molecular weight is 312 g/mol. The highest BCUT2D eigenvalue weighted by Crippen LogP contribution is 1.99. The maximum atomic E-state index is 10.4. The number of unbranched alkanes of at least 4 members (excludes halogenated alkanes) is 2. The zero-order valence-corrected chi connectivity index (χ0v) is 14.0. The van der Waals surface area contributed by atoms with Crippen LogP contribution in [0.2, 0.25) is 0 Å². The molecule has 0 saturated carbocycles. The molecule has 0 aliphatic rings. The fraction of sp³-hybridized carbons (Fsp3) is 0.750. The van der Waals surface area contributed by atoms with Crippen molar-refractivity contribution in [2.24, 2.45) is 5.73 Å². The van der Waals surface area contributed by atoms with Crippen molar-refractivity contribution in [1.82, 2.24) is 0 Å². The second-order valence-electron chi connectivity index (χ2n) is 4.47. The summed E-state index contributed by atoms with van der Waals surface area (Å²) in [5.41, 5.74) is 5.69. The van der Waals surface area contributed by atoms with Gasteiger partial charge in [0.15, 0.2) is 0 Å². The fourth-order valence-electron chi connectivity index (χ4n) is 0.623. The van der Waals surface area contributed by atoms with Gasteiger partial charge in [0.05, 0.1) is 28.3 Å². The van der Waals surface area contributed by atoms with Crippen molar-refractivity contribution in [3.63, 3.8) is 0 Å². The summed E-state index contributed by atoms with van der Waals surface area (Å²) in [6, 6.07) is 0. The van der Waals surface area contributed by atoms with Gasteiger partial charge in [0.25, 0.3) is 0 Å². The highest BCUT2D eigenvalue weighted by atomic mass is 32.3. The molecular weight excluding hydrogens is 284 g/mol. The van der Waals surface area contributed by atoms with Crippen LogP contribution in [0.5, 0.6) is 0 Å². The Hall–Kier alpha value is -0.960. The highest BCUT2D eigenvalue weighted by molar-refractivity contribution is 7.80. The molecule has 0 aliphatic carbocycles. The molecule has 0 rings (SSSR count). The Labute approximate surface area is 122 Å². The summed E-state index contributed by atoms with van der Waals surface area (Å²) in [6.45, 7) is 3.87. The van der Waals surface area contributed by atoms with Crippen LogP contribution in [0.3, 0.4) is 0 Å². The van der Waals surface area contributed by atoms with Crippen LogP contribution in [-0.2, 0) is 19.4 Å². The van der Waals surface area contributed by atoms with Gasteiger partial charge in [-0.15, -0.1) is 0 Å². The predicted molar refractivity (Wildman–Crippen MR) is 77.9 cm³/mol. The third-order valence-corrected chi connectivity index (χ3v) is 2.01. The zero-order valence-electron chi connectivity index (χ0n) is 13.2. The minimum Gasteiger partial charge on any atom is -0.726 e. The van der Waals surface area contributed by atoms with Crippen LogP contribution in [0, 0.1) is 0 Å². The largest absolute Gasteiger partial charge is 0.726 e. The fourth-order valence-corrected chi connectivity index (χ4v) is 0.623. The standard InChI is InChI=1S/C8H15NO.C3H9N.CH4O4S/c1-3-4-5-6-7(2)8(9)10;1-4(2)3;1-5-6(2,3)4/h6H,3-5H2,1-2H3,(H2,9,10);1-3H3;1H3,(H,2,3,4). The molecule has 0 unspecified atom stereocenters. The van der Waals surface area contributed by atoms with Crippen molar-refractivity contribution in [2.45, 2.75) is 33.1 Å². The highest BCUT2D eigenvalue weighted by Gasteiger charge is 1.93. The third kappa shape index (κ3) is 36.0. The number of carbonyl (C=O) groups is 1. The Morgan fingerprint density at radius 1 is 1.35 bits per heavy atom. The average Bonchev–Trinajstić information content (AvgIpc) is 2.28. The number of nitrogens with one attached hydrogen (secondary N) is 1. The molecule has 122 valence electrons. The van der Waals surface area contributed by atoms with Gasteiger partial charge in [0, 0.05) is 5.57 Å². The van der Waals surface area contributed by atoms with Crippen LogP contribution < -0.4 is 10.6 Å². The van der Waals surface area contributed by atoms with E-state index in [2.05, 4.69) is 32.2 Å². The quantitative estimate of drug-likeness (QED) is 0.306. The first-order valence-electron chi connectivity index (χ1n) is 6.22. The van der Waals surface area contributed by atoms with Crippen LogP contribution >= 0.6 is 0 Å². The van der Waals surface area contributed by atoms with E-state index < -0.39 is 10.4 Å². The smallest absolute Gasteiger partial charge is 0.244 e. The van der Waals surface area contributed by atoms with Crippen LogP contribution in [0.15, 0.2) is 11.6 Å². The molecule has 20 heavy (non-hydrogen) atoms. The Balaban J connectivity index is -0.000000246. The number of amides is 1. The summed E-state index contributed by atoms with van der Waals surface area (Å²) in [7, 11) is 2.65. The van der Waals surface area contributed by atoms with Crippen molar-refractivity contribution in [3.05, 3.63) is 11.6 Å². The lowest BCUT2D eigenvalue weighted by Gasteiger charge is -1.98. The van der Waals surface area contributed by atoms with E-state index >= 15 is 0 Å². The van der Waals surface area contributed by atoms with E-state index in [1.54, 1.807) is 6.92 Å². The van der Waals surface area contributed by atoms with Gasteiger partial charge in [-0.3, -0.25) is 8.98 Å². The molecule has 0 aliphatic heterocycles. The van der Waals surface area contributed by atoms with Gasteiger partial charge >= 0.3 is 0 Å². The molecule has 0 aromatic carbocycles. The minimum absolute atomic E-state index is 0.309. The van der Waals surface area contributed by atoms with Crippen LogP contribution in [0.1, 0.15) is 33.1 Å². The number of hydrogen-bond donors (Lipinski definition) is 2. The molecule has 0 atom stereocenters. The molecular formula is C12H28N2O5S. The Kier molecular flexibility index (Phi) is 17.4. The van der Waals surface area contributed by atoms with Gasteiger partial charge in [0.1, 0.15) is 0 Å². The van der Waals surface area contributed by atoms with Gasteiger partial charge in [-0.25, -0.2) is 8.42 Å². The van der Waals surface area contributed by atoms with Gasteiger partial charge in [0.2, 0.25) is 16.3 Å². The predicted octanol–water partition coefficient (Wildman–Crippen LogP) is -0.538. The van der Waals surface area contributed by atoms with Crippen molar-refractivity contribution < 1.29 is 26.8 Å². The summed E-state index contributed by atoms with van der Waals surface area (Å²) in [5, 5.41) is 0. The molecule has 0 aromatic rings. The van der Waals surface area contributed by atoms with Gasteiger partial charge in [-0.05, 0) is 13.3 Å². The first-order valence-corrected chi connectivity index (χ1v) is 7.56. The number of rotatable bonds is 5. The molecule has 0 radical (unpaired) electrons. The summed E-state index contributed by atoms with van der Waals surface area (Å²) < 4.78 is 31.0. The lowest BCUT2D eigenvalue weighted by Crippen LogP contribution is -3.02. The van der Waals surface area contributed by atoms with E-state index in [0.717, 1.165) is 26.4 Å². The first-order chi connectivity index (χ1) is 8.97. The summed E-state index contributed by atoms with van der Waals surface area (Å²) in [5.74, 6) is -0.309. The molecule has 0 saturated heterocycles. The van der Waals surface area contributed by atoms with E-state index in [1.807, 2.05) is 6.08 Å². The number of nitrogens with two attached hydrogens (primary N) is 1. The zero-order chi connectivity index (χ0) is 16.8. The van der Waals surface area contributed by atoms with E-state index in [1.165, 1.54) is 4.90 Å². The summed E-state index contributed by atoms with van der Waals surface area (Å²) in [4.78, 5) is 11.9. The SMILES string of the molecule is CCCCC=C(C)C(N)=O.COS(=O)(=O)[O-].C[NH+](C)C. The first kappa shape index (κ1) is 24.1. The molecule has 8 heteroatoms. The molecule has 1 amide bonds. The van der Waals surface area contributed by atoms with Crippen molar-refractivity contribution >= 4 is 16.3 Å². The number of carbonyl (C=O) groups excluding carboxylic acids is 1. The molecule has 0 aromatic heterocycles. The number of hydrogen-bond acceptors (Lipinski definition) is 5. The summed E-state index contributed by atoms with van der Waals surface area (Å²) in [6.07, 6.45) is 5.14. The van der Waals surface area contributed by atoms with Crippen molar-refractivity contribution in [2.75, 3.05) is 28.3 Å². The third-order valence-electron chi connectivity index (χ3n) is 1.60. The molecule has 0 fully saturated rings. The monoisotopic (exact) mass is 312 g/mol. The maximum absolute atomic E-state index is 10.4. The molecule has 0 bridgehead atoms. The van der Waals surface area contributed by atoms with E-state index in [9.17, 15) is 17.8 Å². The minimum atomic E-state index is -4.41. The van der Waals surface area contributed by atoms with Gasteiger partial charge in [-0.1, -0.05) is 25.8 Å². The Morgan fingerprint density at radius 3 is 1.90 bits per heavy atom. The van der Waals surface area contributed by atoms with E-state index in [-0.39, 0.29) is 5.91 Å².